The summed E-state index contributed by atoms with van der Waals surface area (Å²) in [5, 5.41) is 0.535. The van der Waals surface area contributed by atoms with E-state index in [0.717, 1.165) is 49.7 Å². The number of nitrogens with two attached hydrogens (primary N) is 1. The Labute approximate surface area is 192 Å². The number of rotatable bonds is 3. The lowest BCUT2D eigenvalue weighted by molar-refractivity contribution is 0.795. The quantitative estimate of drug-likeness (QED) is 0.440. The molecule has 0 radical (unpaired) electrons. The third kappa shape index (κ3) is 2.84. The van der Waals surface area contributed by atoms with Crippen LogP contribution >= 0.6 is 11.3 Å². The van der Waals surface area contributed by atoms with Crippen LogP contribution in [-0.2, 0) is 21.1 Å². The van der Waals surface area contributed by atoms with Gasteiger partial charge in [-0.1, -0.05) is 17.4 Å². The molecule has 0 unspecified atom stereocenters. The molecule has 4 heterocycles. The zero-order valence-electron chi connectivity index (χ0n) is 18.2. The molecule has 0 aliphatic heterocycles. The molecule has 0 amide bonds. The van der Waals surface area contributed by atoms with Crippen molar-refractivity contribution in [3.63, 3.8) is 0 Å². The second kappa shape index (κ2) is 6.91. The Morgan fingerprint density at radius 1 is 0.939 bits per heavy atom. The Kier molecular flexibility index (Phi) is 4.08. The van der Waals surface area contributed by atoms with Crippen molar-refractivity contribution in [3.05, 3.63) is 65.6 Å². The van der Waals surface area contributed by atoms with Gasteiger partial charge in [0, 0.05) is 33.0 Å². The number of aryl methyl sites for hydroxylation is 3. The van der Waals surface area contributed by atoms with Gasteiger partial charge in [0.05, 0.1) is 39.5 Å². The molecule has 6 rings (SSSR count). The maximum Gasteiger partial charge on any atom is 0.328 e. The highest BCUT2D eigenvalue weighted by Gasteiger charge is 2.19. The number of benzene rings is 2. The van der Waals surface area contributed by atoms with Gasteiger partial charge in [0.2, 0.25) is 0 Å². The third-order valence-corrected chi connectivity index (χ3v) is 6.90. The molecule has 0 spiro atoms. The zero-order chi connectivity index (χ0) is 22.9. The second-order valence-corrected chi connectivity index (χ2v) is 9.06. The van der Waals surface area contributed by atoms with E-state index in [1.165, 1.54) is 11.3 Å². The van der Waals surface area contributed by atoms with E-state index in [-0.39, 0.29) is 5.69 Å². The largest absolute Gasteiger partial charge is 0.375 e. The number of fused-ring (bicyclic) bond motifs is 2. The monoisotopic (exact) mass is 456 g/mol. The summed E-state index contributed by atoms with van der Waals surface area (Å²) in [6.07, 6.45) is 5.35. The lowest BCUT2D eigenvalue weighted by atomic mass is 10.1. The molecule has 164 valence electrons. The summed E-state index contributed by atoms with van der Waals surface area (Å²) in [5.74, 6) is 0.770. The number of anilines is 1. The van der Waals surface area contributed by atoms with E-state index in [0.29, 0.717) is 5.13 Å². The molecule has 0 bridgehead atoms. The van der Waals surface area contributed by atoms with E-state index in [4.69, 9.17) is 10.7 Å². The lowest BCUT2D eigenvalue weighted by Crippen LogP contribution is -2.19. The fraction of sp³-hybridized carbons (Fsp3) is 0.130. The van der Waals surface area contributed by atoms with Crippen molar-refractivity contribution in [2.75, 3.05) is 5.73 Å². The van der Waals surface area contributed by atoms with Gasteiger partial charge < -0.3 is 10.3 Å². The zero-order valence-corrected chi connectivity index (χ0v) is 19.0. The Hall–Kier alpha value is -4.18. The van der Waals surface area contributed by atoms with Gasteiger partial charge in [0.1, 0.15) is 5.69 Å². The topological polar surface area (TPSA) is 101 Å². The molecule has 4 aromatic heterocycles. The highest BCUT2D eigenvalue weighted by atomic mass is 32.1. The molecule has 0 atom stereocenters. The normalized spacial score (nSPS) is 11.7. The highest BCUT2D eigenvalue weighted by molar-refractivity contribution is 7.18. The standard InChI is InChI=1S/C23H20N8OS/c1-28-12-25-10-19(28)21-27-15-8-13(20-11-26-22(24)33-20)4-6-16(15)31(21)14-5-7-17-18(9-14)30(3)23(32)29(17)2/h4-12H,1-3H3,(H2,24,26). The summed E-state index contributed by atoms with van der Waals surface area (Å²) in [6, 6.07) is 12.2. The minimum Gasteiger partial charge on any atom is -0.375 e. The van der Waals surface area contributed by atoms with Crippen molar-refractivity contribution in [2.45, 2.75) is 0 Å². The first-order valence-electron chi connectivity index (χ1n) is 10.3. The molecule has 10 heteroatoms. The Morgan fingerprint density at radius 2 is 1.73 bits per heavy atom. The van der Waals surface area contributed by atoms with Gasteiger partial charge in [-0.3, -0.25) is 13.7 Å². The maximum atomic E-state index is 12.5. The maximum absolute atomic E-state index is 12.5. The van der Waals surface area contributed by atoms with Crippen molar-refractivity contribution in [1.29, 1.82) is 0 Å². The molecular formula is C23H20N8OS. The van der Waals surface area contributed by atoms with Crippen LogP contribution in [0.4, 0.5) is 5.13 Å². The summed E-state index contributed by atoms with van der Waals surface area (Å²) in [6.45, 7) is 0. The summed E-state index contributed by atoms with van der Waals surface area (Å²) < 4.78 is 7.36. The van der Waals surface area contributed by atoms with Gasteiger partial charge in [-0.2, -0.15) is 0 Å². The molecule has 0 saturated heterocycles. The Balaban J connectivity index is 1.64. The molecule has 2 N–H and O–H groups in total. The Morgan fingerprint density at radius 3 is 2.45 bits per heavy atom. The SMILES string of the molecule is Cn1cncc1-c1nc2cc(-c3cnc(N)s3)ccc2n1-c1ccc2c(c1)n(C)c(=O)n2C. The van der Waals surface area contributed by atoms with Gasteiger partial charge in [0.15, 0.2) is 11.0 Å². The summed E-state index contributed by atoms with van der Waals surface area (Å²) in [5.41, 5.74) is 12.1. The summed E-state index contributed by atoms with van der Waals surface area (Å²) >= 11 is 1.45. The van der Waals surface area contributed by atoms with E-state index in [1.807, 2.05) is 29.8 Å². The highest BCUT2D eigenvalue weighted by Crippen LogP contribution is 2.34. The number of nitrogens with zero attached hydrogens (tertiary/aromatic N) is 7. The fourth-order valence-electron chi connectivity index (χ4n) is 4.29. The first-order valence-corrected chi connectivity index (χ1v) is 11.1. The molecular weight excluding hydrogens is 436 g/mol. The van der Waals surface area contributed by atoms with Crippen molar-refractivity contribution < 1.29 is 0 Å². The van der Waals surface area contributed by atoms with Gasteiger partial charge in [-0.05, 0) is 35.9 Å². The van der Waals surface area contributed by atoms with Crippen LogP contribution in [0.15, 0.2) is 59.9 Å². The van der Waals surface area contributed by atoms with Crippen LogP contribution in [0.3, 0.4) is 0 Å². The van der Waals surface area contributed by atoms with E-state index in [9.17, 15) is 4.79 Å². The van der Waals surface area contributed by atoms with Crippen LogP contribution in [0.5, 0.6) is 0 Å². The van der Waals surface area contributed by atoms with Crippen molar-refractivity contribution >= 4 is 38.5 Å². The van der Waals surface area contributed by atoms with Gasteiger partial charge in [-0.25, -0.2) is 19.7 Å². The molecule has 0 saturated carbocycles. The summed E-state index contributed by atoms with van der Waals surface area (Å²) in [4.78, 5) is 26.9. The van der Waals surface area contributed by atoms with Gasteiger partial charge in [-0.15, -0.1) is 0 Å². The lowest BCUT2D eigenvalue weighted by Gasteiger charge is -2.11. The number of hydrogen-bond acceptors (Lipinski definition) is 6. The molecule has 0 aliphatic rings. The van der Waals surface area contributed by atoms with Crippen LogP contribution in [0, 0.1) is 0 Å². The predicted molar refractivity (Wildman–Crippen MR) is 131 cm³/mol. The smallest absolute Gasteiger partial charge is 0.328 e. The van der Waals surface area contributed by atoms with E-state index >= 15 is 0 Å². The fourth-order valence-corrected chi connectivity index (χ4v) is 4.98. The second-order valence-electron chi connectivity index (χ2n) is 8.00. The average molecular weight is 457 g/mol. The van der Waals surface area contributed by atoms with Crippen LogP contribution in [-0.4, -0.2) is 33.2 Å². The molecule has 2 aromatic carbocycles. The molecule has 9 nitrogen and oxygen atoms in total. The average Bonchev–Trinajstić information content (AvgIpc) is 3.57. The van der Waals surface area contributed by atoms with Crippen LogP contribution < -0.4 is 11.4 Å². The number of hydrogen-bond donors (Lipinski definition) is 1. The molecule has 33 heavy (non-hydrogen) atoms. The minimum atomic E-state index is -0.0574. The van der Waals surface area contributed by atoms with Crippen molar-refractivity contribution in [3.8, 4) is 27.6 Å². The van der Waals surface area contributed by atoms with Crippen LogP contribution in [0.25, 0.3) is 49.7 Å². The molecule has 0 aliphatic carbocycles. The Bertz CT molecular complexity index is 1750. The van der Waals surface area contributed by atoms with Gasteiger partial charge >= 0.3 is 5.69 Å². The number of nitrogen functional groups attached to an aromatic ring is 1. The van der Waals surface area contributed by atoms with Crippen molar-refractivity contribution in [1.82, 2.24) is 33.2 Å². The van der Waals surface area contributed by atoms with Crippen LogP contribution in [0.1, 0.15) is 0 Å². The summed E-state index contributed by atoms with van der Waals surface area (Å²) in [7, 11) is 5.52. The number of aromatic nitrogens is 7. The molecule has 6 aromatic rings. The first kappa shape index (κ1) is 19.5. The van der Waals surface area contributed by atoms with E-state index in [2.05, 4.69) is 32.7 Å². The predicted octanol–water partition coefficient (Wildman–Crippen LogP) is 3.32. The first-order chi connectivity index (χ1) is 15.9. The molecule has 0 fully saturated rings. The number of imidazole rings is 3. The van der Waals surface area contributed by atoms with Crippen molar-refractivity contribution in [2.24, 2.45) is 21.1 Å². The van der Waals surface area contributed by atoms with Gasteiger partial charge in [0.25, 0.3) is 0 Å². The van der Waals surface area contributed by atoms with E-state index in [1.54, 1.807) is 42.0 Å². The third-order valence-electron chi connectivity index (χ3n) is 6.02. The minimum absolute atomic E-state index is 0.0574. The van der Waals surface area contributed by atoms with Crippen LogP contribution in [0.2, 0.25) is 0 Å². The van der Waals surface area contributed by atoms with E-state index < -0.39 is 0 Å². The number of thiazole rings is 1.